The van der Waals surface area contributed by atoms with Crippen molar-refractivity contribution in [1.82, 2.24) is 10.6 Å². The molecule has 3 N–H and O–H groups in total. The van der Waals surface area contributed by atoms with E-state index in [9.17, 15) is 14.4 Å². The minimum Gasteiger partial charge on any atom is -0.480 e. The van der Waals surface area contributed by atoms with Crippen LogP contribution in [-0.4, -0.2) is 41.3 Å². The van der Waals surface area contributed by atoms with Crippen LogP contribution >= 0.6 is 0 Å². The van der Waals surface area contributed by atoms with Crippen molar-refractivity contribution in [2.24, 2.45) is 0 Å². The van der Waals surface area contributed by atoms with Crippen molar-refractivity contribution >= 4 is 18.0 Å². The summed E-state index contributed by atoms with van der Waals surface area (Å²) in [5.74, 6) is -1.68. The van der Waals surface area contributed by atoms with Crippen molar-refractivity contribution in [2.45, 2.75) is 43.7 Å². The normalized spacial score (nSPS) is 17.1. The minimum atomic E-state index is -1.13. The zero-order valence-corrected chi connectivity index (χ0v) is 16.7. The van der Waals surface area contributed by atoms with Crippen molar-refractivity contribution in [2.75, 3.05) is 6.61 Å². The van der Waals surface area contributed by atoms with Crippen LogP contribution in [0.5, 0.6) is 0 Å². The molecule has 1 atom stereocenters. The Bertz CT molecular complexity index is 953. The molecular formula is C23H24N2O5. The van der Waals surface area contributed by atoms with Gasteiger partial charge in [0.15, 0.2) is 0 Å². The number of carbonyl (C=O) groups excluding carboxylic acids is 2. The lowest BCUT2D eigenvalue weighted by molar-refractivity contribution is -0.143. The minimum absolute atomic E-state index is 0.0682. The van der Waals surface area contributed by atoms with Gasteiger partial charge in [-0.15, -0.1) is 0 Å². The van der Waals surface area contributed by atoms with E-state index in [0.29, 0.717) is 12.8 Å². The number of alkyl carbamates (subject to hydrolysis) is 1. The Labute approximate surface area is 174 Å². The molecule has 1 saturated carbocycles. The number of hydrogen-bond donors (Lipinski definition) is 3. The molecule has 30 heavy (non-hydrogen) atoms. The summed E-state index contributed by atoms with van der Waals surface area (Å²) in [5.41, 5.74) is 3.39. The van der Waals surface area contributed by atoms with E-state index in [1.165, 1.54) is 6.92 Å². The summed E-state index contributed by atoms with van der Waals surface area (Å²) in [4.78, 5) is 36.1. The number of carbonyl (C=O) groups is 3. The summed E-state index contributed by atoms with van der Waals surface area (Å²) in [6.45, 7) is 1.54. The second-order valence-electron chi connectivity index (χ2n) is 7.92. The van der Waals surface area contributed by atoms with E-state index >= 15 is 0 Å². The second-order valence-corrected chi connectivity index (χ2v) is 7.92. The van der Waals surface area contributed by atoms with Gasteiger partial charge in [-0.2, -0.15) is 0 Å². The molecule has 1 unspecified atom stereocenters. The first kappa shape index (κ1) is 19.9. The van der Waals surface area contributed by atoms with Crippen LogP contribution < -0.4 is 10.6 Å². The molecule has 2 aromatic rings. The predicted octanol–water partition coefficient (Wildman–Crippen LogP) is 3.04. The number of amides is 2. The van der Waals surface area contributed by atoms with Crippen LogP contribution in [0.3, 0.4) is 0 Å². The molecule has 7 heteroatoms. The third-order valence-corrected chi connectivity index (χ3v) is 6.04. The van der Waals surface area contributed by atoms with E-state index < -0.39 is 29.6 Å². The Hall–Kier alpha value is -3.35. The van der Waals surface area contributed by atoms with Crippen molar-refractivity contribution in [1.29, 1.82) is 0 Å². The van der Waals surface area contributed by atoms with Crippen LogP contribution in [0.15, 0.2) is 48.5 Å². The maximum Gasteiger partial charge on any atom is 0.408 e. The summed E-state index contributed by atoms with van der Waals surface area (Å²) in [6.07, 6.45) is 1.01. The molecule has 7 nitrogen and oxygen atoms in total. The maximum atomic E-state index is 12.5. The largest absolute Gasteiger partial charge is 0.480 e. The topological polar surface area (TPSA) is 105 Å². The lowest BCUT2D eigenvalue weighted by Crippen LogP contribution is -2.64. The summed E-state index contributed by atoms with van der Waals surface area (Å²) in [5, 5.41) is 14.1. The molecule has 0 aromatic heterocycles. The van der Waals surface area contributed by atoms with Gasteiger partial charge in [-0.3, -0.25) is 9.59 Å². The van der Waals surface area contributed by atoms with E-state index in [1.807, 2.05) is 36.4 Å². The van der Waals surface area contributed by atoms with Gasteiger partial charge in [0.25, 0.3) is 0 Å². The molecule has 2 aliphatic carbocycles. The molecule has 0 aliphatic heterocycles. The van der Waals surface area contributed by atoms with E-state index in [2.05, 4.69) is 22.8 Å². The zero-order valence-electron chi connectivity index (χ0n) is 16.7. The SMILES string of the molecule is CC(NC(=O)C1(NC(=O)OCC2c3ccccc3-c3ccccc32)CCC1)C(=O)O. The van der Waals surface area contributed by atoms with Gasteiger partial charge >= 0.3 is 12.1 Å². The first-order valence-corrected chi connectivity index (χ1v) is 10.1. The fourth-order valence-electron chi connectivity index (χ4n) is 4.17. The Balaban J connectivity index is 1.43. The number of carboxylic acid groups (broad SMARTS) is 1. The van der Waals surface area contributed by atoms with Gasteiger partial charge in [0.05, 0.1) is 0 Å². The molecule has 2 amide bonds. The Kier molecular flexibility index (Phi) is 5.20. The molecule has 156 valence electrons. The van der Waals surface area contributed by atoms with Crippen LogP contribution in [0, 0.1) is 0 Å². The summed E-state index contributed by atoms with van der Waals surface area (Å²) >= 11 is 0. The quantitative estimate of drug-likeness (QED) is 0.681. The number of carboxylic acids is 1. The number of nitrogens with one attached hydrogen (secondary N) is 2. The van der Waals surface area contributed by atoms with E-state index in [-0.39, 0.29) is 12.5 Å². The average Bonchev–Trinajstić information content (AvgIpc) is 3.03. The molecule has 0 spiro atoms. The van der Waals surface area contributed by atoms with Crippen molar-refractivity contribution < 1.29 is 24.2 Å². The Morgan fingerprint density at radius 1 is 1.07 bits per heavy atom. The van der Waals surface area contributed by atoms with E-state index in [0.717, 1.165) is 28.7 Å². The van der Waals surface area contributed by atoms with Gasteiger partial charge in [-0.05, 0) is 48.4 Å². The van der Waals surface area contributed by atoms with Gasteiger partial charge in [0.2, 0.25) is 5.91 Å². The molecule has 1 fully saturated rings. The van der Waals surface area contributed by atoms with Gasteiger partial charge in [-0.25, -0.2) is 4.79 Å². The molecule has 0 bridgehead atoms. The molecule has 0 saturated heterocycles. The lowest BCUT2D eigenvalue weighted by Gasteiger charge is -2.40. The molecule has 2 aromatic carbocycles. The summed E-state index contributed by atoms with van der Waals surface area (Å²) in [7, 11) is 0. The molecule has 0 radical (unpaired) electrons. The molecular weight excluding hydrogens is 384 g/mol. The summed E-state index contributed by atoms with van der Waals surface area (Å²) in [6, 6.07) is 15.1. The standard InChI is InChI=1S/C23H24N2O5/c1-14(20(26)27)24-21(28)23(11-6-12-23)25-22(29)30-13-19-17-9-4-2-7-15(17)16-8-3-5-10-18(16)19/h2-5,7-10,14,19H,6,11-13H2,1H3,(H,24,28)(H,25,29)(H,26,27). The highest BCUT2D eigenvalue weighted by atomic mass is 16.5. The Morgan fingerprint density at radius 3 is 2.13 bits per heavy atom. The number of hydrogen-bond acceptors (Lipinski definition) is 4. The van der Waals surface area contributed by atoms with Gasteiger partial charge in [0, 0.05) is 5.92 Å². The number of benzene rings is 2. The number of ether oxygens (including phenoxy) is 1. The smallest absolute Gasteiger partial charge is 0.408 e. The third-order valence-electron chi connectivity index (χ3n) is 6.04. The monoisotopic (exact) mass is 408 g/mol. The predicted molar refractivity (Wildman–Crippen MR) is 110 cm³/mol. The van der Waals surface area contributed by atoms with Crippen LogP contribution in [0.1, 0.15) is 43.2 Å². The zero-order chi connectivity index (χ0) is 21.3. The van der Waals surface area contributed by atoms with E-state index in [1.54, 1.807) is 0 Å². The number of fused-ring (bicyclic) bond motifs is 3. The Morgan fingerprint density at radius 2 is 1.63 bits per heavy atom. The first-order valence-electron chi connectivity index (χ1n) is 10.1. The molecule has 2 aliphatic rings. The number of aliphatic carboxylic acids is 1. The fourth-order valence-corrected chi connectivity index (χ4v) is 4.17. The van der Waals surface area contributed by atoms with Gasteiger partial charge in [-0.1, -0.05) is 48.5 Å². The molecule has 0 heterocycles. The van der Waals surface area contributed by atoms with E-state index in [4.69, 9.17) is 9.84 Å². The van der Waals surface area contributed by atoms with Crippen LogP contribution in [-0.2, 0) is 14.3 Å². The highest BCUT2D eigenvalue weighted by Gasteiger charge is 2.46. The van der Waals surface area contributed by atoms with Gasteiger partial charge < -0.3 is 20.5 Å². The third kappa shape index (κ3) is 3.51. The number of rotatable bonds is 6. The lowest BCUT2D eigenvalue weighted by atomic mass is 9.76. The second kappa shape index (κ2) is 7.82. The first-order chi connectivity index (χ1) is 14.4. The molecule has 4 rings (SSSR count). The van der Waals surface area contributed by atoms with Gasteiger partial charge in [0.1, 0.15) is 18.2 Å². The highest BCUT2D eigenvalue weighted by Crippen LogP contribution is 2.44. The van der Waals surface area contributed by atoms with Crippen LogP contribution in [0.25, 0.3) is 11.1 Å². The van der Waals surface area contributed by atoms with Crippen LogP contribution in [0.2, 0.25) is 0 Å². The summed E-state index contributed by atoms with van der Waals surface area (Å²) < 4.78 is 5.53. The average molecular weight is 408 g/mol. The highest BCUT2D eigenvalue weighted by molar-refractivity contribution is 5.93. The van der Waals surface area contributed by atoms with Crippen molar-refractivity contribution in [3.05, 3.63) is 59.7 Å². The fraction of sp³-hybridized carbons (Fsp3) is 0.348. The van der Waals surface area contributed by atoms with Crippen molar-refractivity contribution in [3.63, 3.8) is 0 Å². The van der Waals surface area contributed by atoms with Crippen molar-refractivity contribution in [3.8, 4) is 11.1 Å². The van der Waals surface area contributed by atoms with Crippen LogP contribution in [0.4, 0.5) is 4.79 Å². The maximum absolute atomic E-state index is 12.5.